The molecule has 0 atom stereocenters. The summed E-state index contributed by atoms with van der Waals surface area (Å²) in [7, 11) is 7.19. The van der Waals surface area contributed by atoms with Crippen molar-refractivity contribution in [3.63, 3.8) is 0 Å². The molecule has 0 radical (unpaired) electrons. The third-order valence-electron chi connectivity index (χ3n) is 3.01. The van der Waals surface area contributed by atoms with Gasteiger partial charge in [-0.2, -0.15) is 15.0 Å². The van der Waals surface area contributed by atoms with Crippen molar-refractivity contribution in [1.29, 1.82) is 0 Å². The van der Waals surface area contributed by atoms with Crippen LogP contribution in [-0.4, -0.2) is 78.4 Å². The third-order valence-corrected chi connectivity index (χ3v) is 3.36. The number of rotatable bonds is 5. The molecule has 2 heterocycles. The van der Waals surface area contributed by atoms with Crippen LogP contribution in [0.5, 0.6) is 0 Å². The van der Waals surface area contributed by atoms with Crippen molar-refractivity contribution in [1.82, 2.24) is 19.9 Å². The number of aromatic nitrogens is 3. The summed E-state index contributed by atoms with van der Waals surface area (Å²) in [6.45, 7) is 0.260. The number of amides is 3. The summed E-state index contributed by atoms with van der Waals surface area (Å²) < 4.78 is 0. The van der Waals surface area contributed by atoms with Crippen molar-refractivity contribution >= 4 is 45.7 Å². The molecule has 0 aliphatic carbocycles. The van der Waals surface area contributed by atoms with Gasteiger partial charge in [-0.05, 0) is 0 Å². The first kappa shape index (κ1) is 16.4. The van der Waals surface area contributed by atoms with Gasteiger partial charge in [0.15, 0.2) is 0 Å². The van der Waals surface area contributed by atoms with E-state index in [1.807, 2.05) is 0 Å². The molecule has 0 bridgehead atoms. The molecule has 1 saturated heterocycles. The van der Waals surface area contributed by atoms with Crippen LogP contribution in [0.25, 0.3) is 0 Å². The second-order valence-corrected chi connectivity index (χ2v) is 5.92. The van der Waals surface area contributed by atoms with Crippen molar-refractivity contribution in [3.8, 4) is 0 Å². The number of hydrogen-bond acceptors (Lipinski definition) is 7. The average molecular weight is 372 g/mol. The van der Waals surface area contributed by atoms with Gasteiger partial charge in [0.25, 0.3) is 5.91 Å². The highest BCUT2D eigenvalue weighted by atomic mass is 79.9. The van der Waals surface area contributed by atoms with E-state index in [4.69, 9.17) is 0 Å². The van der Waals surface area contributed by atoms with Gasteiger partial charge in [0, 0.05) is 40.1 Å². The number of anilines is 3. The summed E-state index contributed by atoms with van der Waals surface area (Å²) in [5, 5.41) is 0.529. The van der Waals surface area contributed by atoms with Crippen LogP contribution in [0, 0.1) is 0 Å². The van der Waals surface area contributed by atoms with Gasteiger partial charge in [-0.15, -0.1) is 0 Å². The molecule has 1 aromatic rings. The molecule has 120 valence electrons. The van der Waals surface area contributed by atoms with Crippen molar-refractivity contribution in [2.45, 2.75) is 0 Å². The van der Waals surface area contributed by atoms with Gasteiger partial charge in [0.2, 0.25) is 17.8 Å². The normalized spacial score (nSPS) is 14.8. The van der Waals surface area contributed by atoms with Crippen molar-refractivity contribution < 1.29 is 9.59 Å². The standard InChI is InChI=1S/C12H18BrN7O2/c1-17(2)9-14-10(18(3)4)16-11(15-9)20-7-8(21)19(6-5-13)12(20)22/h5-7H2,1-4H3. The third kappa shape index (κ3) is 3.11. The maximum absolute atomic E-state index is 12.4. The SMILES string of the molecule is CN(C)c1nc(N(C)C)nc(N2CC(=O)N(CCBr)C2=O)n1. The summed E-state index contributed by atoms with van der Waals surface area (Å²) in [5.74, 6) is 0.765. The second-order valence-electron chi connectivity index (χ2n) is 5.13. The molecule has 22 heavy (non-hydrogen) atoms. The highest BCUT2D eigenvalue weighted by molar-refractivity contribution is 9.09. The first-order valence-corrected chi connectivity index (χ1v) is 7.76. The number of nitrogens with zero attached hydrogens (tertiary/aromatic N) is 7. The molecule has 0 unspecified atom stereocenters. The number of carbonyl (C=O) groups excluding carboxylic acids is 2. The number of alkyl halides is 1. The van der Waals surface area contributed by atoms with Crippen LogP contribution in [0.4, 0.5) is 22.6 Å². The van der Waals surface area contributed by atoms with Gasteiger partial charge < -0.3 is 9.80 Å². The first-order chi connectivity index (χ1) is 10.3. The molecule has 1 aliphatic heterocycles. The summed E-state index contributed by atoms with van der Waals surface area (Å²) in [5.41, 5.74) is 0. The Morgan fingerprint density at radius 2 is 1.59 bits per heavy atom. The van der Waals surface area contributed by atoms with E-state index in [2.05, 4.69) is 30.9 Å². The van der Waals surface area contributed by atoms with Gasteiger partial charge in [-0.25, -0.2) is 4.79 Å². The lowest BCUT2D eigenvalue weighted by molar-refractivity contribution is -0.124. The van der Waals surface area contributed by atoms with E-state index in [-0.39, 0.29) is 18.4 Å². The van der Waals surface area contributed by atoms with Crippen molar-refractivity contribution in [2.75, 3.05) is 61.3 Å². The molecule has 0 N–H and O–H groups in total. The Hall–Kier alpha value is -1.97. The van der Waals surface area contributed by atoms with Crippen LogP contribution >= 0.6 is 15.9 Å². The second kappa shape index (κ2) is 6.42. The highest BCUT2D eigenvalue weighted by Gasteiger charge is 2.38. The Kier molecular flexibility index (Phi) is 4.79. The molecule has 9 nitrogen and oxygen atoms in total. The first-order valence-electron chi connectivity index (χ1n) is 6.63. The van der Waals surface area contributed by atoms with E-state index in [0.29, 0.717) is 23.8 Å². The van der Waals surface area contributed by atoms with Crippen LogP contribution in [-0.2, 0) is 4.79 Å². The lowest BCUT2D eigenvalue weighted by Crippen LogP contribution is -2.35. The van der Waals surface area contributed by atoms with Crippen molar-refractivity contribution in [2.24, 2.45) is 0 Å². The van der Waals surface area contributed by atoms with Crippen LogP contribution in [0.3, 0.4) is 0 Å². The van der Waals surface area contributed by atoms with E-state index >= 15 is 0 Å². The summed E-state index contributed by atoms with van der Waals surface area (Å²) in [6.07, 6.45) is 0. The van der Waals surface area contributed by atoms with E-state index in [1.165, 1.54) is 9.80 Å². The van der Waals surface area contributed by atoms with Crippen LogP contribution in [0.2, 0.25) is 0 Å². The lowest BCUT2D eigenvalue weighted by Gasteiger charge is -2.19. The number of urea groups is 1. The zero-order valence-electron chi connectivity index (χ0n) is 12.9. The highest BCUT2D eigenvalue weighted by Crippen LogP contribution is 2.21. The maximum atomic E-state index is 12.4. The monoisotopic (exact) mass is 371 g/mol. The molecule has 1 aliphatic rings. The minimum atomic E-state index is -0.412. The van der Waals surface area contributed by atoms with E-state index in [0.717, 1.165) is 0 Å². The Balaban J connectivity index is 2.40. The predicted octanol–water partition coefficient (Wildman–Crippen LogP) is 0.167. The summed E-state index contributed by atoms with van der Waals surface area (Å²) in [4.78, 5) is 43.0. The molecule has 0 saturated carbocycles. The van der Waals surface area contributed by atoms with Gasteiger partial charge >= 0.3 is 6.03 Å². The van der Waals surface area contributed by atoms with E-state index < -0.39 is 6.03 Å². The van der Waals surface area contributed by atoms with Gasteiger partial charge in [-0.3, -0.25) is 14.6 Å². The maximum Gasteiger partial charge on any atom is 0.334 e. The fourth-order valence-electron chi connectivity index (χ4n) is 1.87. The van der Waals surface area contributed by atoms with Gasteiger partial charge in [0.1, 0.15) is 6.54 Å². The fraction of sp³-hybridized carbons (Fsp3) is 0.583. The van der Waals surface area contributed by atoms with Crippen molar-refractivity contribution in [3.05, 3.63) is 0 Å². The lowest BCUT2D eigenvalue weighted by atomic mass is 10.5. The Morgan fingerprint density at radius 3 is 2.05 bits per heavy atom. The van der Waals surface area contributed by atoms with E-state index in [1.54, 1.807) is 38.0 Å². The molecule has 0 spiro atoms. The molecule has 1 fully saturated rings. The minimum Gasteiger partial charge on any atom is -0.347 e. The molecule has 1 aromatic heterocycles. The van der Waals surface area contributed by atoms with Gasteiger partial charge in [-0.1, -0.05) is 15.9 Å². The molecular weight excluding hydrogens is 354 g/mol. The molecule has 3 amide bonds. The average Bonchev–Trinajstić information content (AvgIpc) is 2.75. The Bertz CT molecular complexity index is 567. The number of imide groups is 1. The number of hydrogen-bond donors (Lipinski definition) is 0. The Morgan fingerprint density at radius 1 is 1.05 bits per heavy atom. The smallest absolute Gasteiger partial charge is 0.334 e. The molecule has 10 heteroatoms. The predicted molar refractivity (Wildman–Crippen MR) is 86.7 cm³/mol. The topological polar surface area (TPSA) is 85.8 Å². The molecule has 0 aromatic carbocycles. The minimum absolute atomic E-state index is 0.0599. The number of halogens is 1. The molecular formula is C12H18BrN7O2. The Labute approximate surface area is 137 Å². The quantitative estimate of drug-likeness (QED) is 0.538. The van der Waals surface area contributed by atoms with Crippen LogP contribution in [0.15, 0.2) is 0 Å². The van der Waals surface area contributed by atoms with Crippen LogP contribution in [0.1, 0.15) is 0 Å². The number of carbonyl (C=O) groups is 2. The zero-order chi connectivity index (χ0) is 16.4. The summed E-state index contributed by atoms with van der Waals surface area (Å²) in [6, 6.07) is -0.412. The molecule has 2 rings (SSSR count). The zero-order valence-corrected chi connectivity index (χ0v) is 14.5. The summed E-state index contributed by atoms with van der Waals surface area (Å²) >= 11 is 3.23. The van der Waals surface area contributed by atoms with Gasteiger partial charge in [0.05, 0.1) is 0 Å². The van der Waals surface area contributed by atoms with E-state index in [9.17, 15) is 9.59 Å². The van der Waals surface area contributed by atoms with Crippen LogP contribution < -0.4 is 14.7 Å². The fourth-order valence-corrected chi connectivity index (χ4v) is 2.22. The largest absolute Gasteiger partial charge is 0.347 e.